The molecular weight excluding hydrogens is 330 g/mol. The Hall–Kier alpha value is -3.53. The van der Waals surface area contributed by atoms with E-state index in [-0.39, 0.29) is 17.4 Å². The fourth-order valence-corrected chi connectivity index (χ4v) is 3.36. The normalized spacial score (nSPS) is 18.3. The first-order valence-corrected chi connectivity index (χ1v) is 8.21. The van der Waals surface area contributed by atoms with Crippen LogP contribution >= 0.6 is 0 Å². The van der Waals surface area contributed by atoms with Gasteiger partial charge in [-0.05, 0) is 42.4 Å². The lowest BCUT2D eigenvalue weighted by molar-refractivity contribution is 0.912. The molecule has 4 rings (SSSR count). The summed E-state index contributed by atoms with van der Waals surface area (Å²) in [6.45, 7) is 9.23. The predicted molar refractivity (Wildman–Crippen MR) is 96.2 cm³/mol. The number of aromatic amines is 2. The minimum atomic E-state index is -0.558. The van der Waals surface area contributed by atoms with Crippen LogP contribution < -0.4 is 11.2 Å². The molecule has 1 aliphatic rings. The summed E-state index contributed by atoms with van der Waals surface area (Å²) in [7, 11) is 0. The molecule has 2 heterocycles. The van der Waals surface area contributed by atoms with Crippen LogP contribution in [0.2, 0.25) is 0 Å². The molecule has 0 aliphatic heterocycles. The SMILES string of the molecule is [C-]#[N+]c1ccccc1[C@H]1C[C@@H]1c1cc(-c2c[nH]c(=O)[nH]c2=O)nnc1C. The van der Waals surface area contributed by atoms with Gasteiger partial charge in [0.15, 0.2) is 5.69 Å². The van der Waals surface area contributed by atoms with Crippen molar-refractivity contribution in [1.29, 1.82) is 0 Å². The van der Waals surface area contributed by atoms with E-state index in [1.165, 1.54) is 6.20 Å². The summed E-state index contributed by atoms with van der Waals surface area (Å²) < 4.78 is 0. The summed E-state index contributed by atoms with van der Waals surface area (Å²) in [6.07, 6.45) is 2.28. The molecule has 0 unspecified atom stereocenters. The fraction of sp³-hybridized carbons (Fsp3) is 0.211. The van der Waals surface area contributed by atoms with Gasteiger partial charge in [-0.3, -0.25) is 9.78 Å². The number of hydrogen-bond donors (Lipinski definition) is 2. The van der Waals surface area contributed by atoms with E-state index in [4.69, 9.17) is 6.57 Å². The first-order valence-electron chi connectivity index (χ1n) is 8.21. The first-order chi connectivity index (χ1) is 12.6. The number of nitrogens with one attached hydrogen (secondary N) is 2. The third-order valence-corrected chi connectivity index (χ3v) is 4.76. The molecule has 1 fully saturated rings. The molecule has 3 aromatic rings. The molecule has 7 nitrogen and oxygen atoms in total. The third kappa shape index (κ3) is 2.71. The van der Waals surface area contributed by atoms with Gasteiger partial charge in [-0.2, -0.15) is 5.10 Å². The molecule has 0 radical (unpaired) electrons. The van der Waals surface area contributed by atoms with Gasteiger partial charge in [-0.15, -0.1) is 5.10 Å². The maximum Gasteiger partial charge on any atom is 0.325 e. The molecular formula is C19H15N5O2. The summed E-state index contributed by atoms with van der Waals surface area (Å²) in [4.78, 5) is 31.5. The minimum Gasteiger partial charge on any atom is -0.313 e. The Kier molecular flexibility index (Phi) is 3.73. The highest BCUT2D eigenvalue weighted by atomic mass is 16.2. The Bertz CT molecular complexity index is 1160. The van der Waals surface area contributed by atoms with Crippen molar-refractivity contribution < 1.29 is 0 Å². The molecule has 0 spiro atoms. The van der Waals surface area contributed by atoms with Gasteiger partial charge in [0.1, 0.15) is 5.69 Å². The molecule has 1 saturated carbocycles. The van der Waals surface area contributed by atoms with Crippen molar-refractivity contribution in [3.63, 3.8) is 0 Å². The van der Waals surface area contributed by atoms with Crippen molar-refractivity contribution in [2.75, 3.05) is 0 Å². The standard InChI is InChI=1S/C19H15N5O2/c1-10-12(14-7-13(14)11-5-3-4-6-16(11)20-2)8-17(24-23-10)15-9-21-19(26)22-18(15)25/h3-6,8-9,13-14H,7H2,1H3,(H2,21,22,25,26)/t13-,14-/m1/s1. The summed E-state index contributed by atoms with van der Waals surface area (Å²) in [6, 6.07) is 9.50. The van der Waals surface area contributed by atoms with Gasteiger partial charge in [-0.25, -0.2) is 9.64 Å². The molecule has 0 saturated heterocycles. The van der Waals surface area contributed by atoms with Gasteiger partial charge >= 0.3 is 5.69 Å². The molecule has 7 heteroatoms. The highest BCUT2D eigenvalue weighted by Gasteiger charge is 2.41. The Balaban J connectivity index is 1.72. The zero-order chi connectivity index (χ0) is 18.3. The highest BCUT2D eigenvalue weighted by Crippen LogP contribution is 2.57. The van der Waals surface area contributed by atoms with Crippen molar-refractivity contribution in [3.8, 4) is 11.3 Å². The van der Waals surface area contributed by atoms with E-state index in [2.05, 4.69) is 25.0 Å². The van der Waals surface area contributed by atoms with E-state index in [0.29, 0.717) is 11.4 Å². The van der Waals surface area contributed by atoms with Gasteiger partial charge < -0.3 is 4.98 Å². The average molecular weight is 345 g/mol. The molecule has 2 N–H and O–H groups in total. The number of rotatable bonds is 3. The minimum absolute atomic E-state index is 0.244. The Morgan fingerprint density at radius 2 is 1.92 bits per heavy atom. The van der Waals surface area contributed by atoms with E-state index in [1.807, 2.05) is 37.3 Å². The summed E-state index contributed by atoms with van der Waals surface area (Å²) in [5.41, 5.74) is 3.20. The molecule has 1 aromatic carbocycles. The van der Waals surface area contributed by atoms with Crippen LogP contribution in [0.15, 0.2) is 46.1 Å². The molecule has 26 heavy (non-hydrogen) atoms. The topological polar surface area (TPSA) is 95.9 Å². The quantitative estimate of drug-likeness (QED) is 0.713. The van der Waals surface area contributed by atoms with E-state index in [9.17, 15) is 9.59 Å². The lowest BCUT2D eigenvalue weighted by atomic mass is 10.0. The number of aryl methyl sites for hydroxylation is 1. The van der Waals surface area contributed by atoms with Crippen LogP contribution in [0.4, 0.5) is 5.69 Å². The van der Waals surface area contributed by atoms with Crippen molar-refractivity contribution in [3.05, 3.63) is 85.6 Å². The van der Waals surface area contributed by atoms with Gasteiger partial charge in [0, 0.05) is 6.20 Å². The first kappa shape index (κ1) is 16.0. The monoisotopic (exact) mass is 345 g/mol. The third-order valence-electron chi connectivity index (χ3n) is 4.76. The zero-order valence-electron chi connectivity index (χ0n) is 14.0. The summed E-state index contributed by atoms with van der Waals surface area (Å²) >= 11 is 0. The number of aromatic nitrogens is 4. The maximum atomic E-state index is 12.0. The second-order valence-corrected chi connectivity index (χ2v) is 6.38. The summed E-state index contributed by atoms with van der Waals surface area (Å²) in [5.74, 6) is 0.513. The Morgan fingerprint density at radius 3 is 2.69 bits per heavy atom. The molecule has 2 atom stereocenters. The number of nitrogens with zero attached hydrogens (tertiary/aromatic N) is 3. The van der Waals surface area contributed by atoms with E-state index in [0.717, 1.165) is 23.2 Å². The van der Waals surface area contributed by atoms with Crippen LogP contribution in [0.5, 0.6) is 0 Å². The number of benzene rings is 1. The van der Waals surface area contributed by atoms with Crippen LogP contribution in [0.25, 0.3) is 16.1 Å². The lowest BCUT2D eigenvalue weighted by Gasteiger charge is -2.08. The predicted octanol–water partition coefficient (Wildman–Crippen LogP) is 2.65. The number of hydrogen-bond acceptors (Lipinski definition) is 4. The molecule has 1 aliphatic carbocycles. The second kappa shape index (κ2) is 6.08. The van der Waals surface area contributed by atoms with Gasteiger partial charge in [-0.1, -0.05) is 24.3 Å². The van der Waals surface area contributed by atoms with Crippen LogP contribution in [0, 0.1) is 13.5 Å². The van der Waals surface area contributed by atoms with Crippen molar-refractivity contribution in [1.82, 2.24) is 20.2 Å². The van der Waals surface area contributed by atoms with Crippen molar-refractivity contribution >= 4 is 5.69 Å². The highest BCUT2D eigenvalue weighted by molar-refractivity contribution is 5.60. The molecule has 0 bridgehead atoms. The maximum absolute atomic E-state index is 12.0. The van der Waals surface area contributed by atoms with E-state index >= 15 is 0 Å². The van der Waals surface area contributed by atoms with Crippen LogP contribution in [0.3, 0.4) is 0 Å². The molecule has 2 aromatic heterocycles. The van der Waals surface area contributed by atoms with Crippen LogP contribution in [-0.4, -0.2) is 20.2 Å². The largest absolute Gasteiger partial charge is 0.325 e. The van der Waals surface area contributed by atoms with Crippen molar-refractivity contribution in [2.45, 2.75) is 25.2 Å². The fourth-order valence-electron chi connectivity index (χ4n) is 3.36. The Labute approximate surface area is 148 Å². The van der Waals surface area contributed by atoms with E-state index in [1.54, 1.807) is 0 Å². The van der Waals surface area contributed by atoms with E-state index < -0.39 is 11.2 Å². The summed E-state index contributed by atoms with van der Waals surface area (Å²) in [5, 5.41) is 8.30. The molecule has 128 valence electrons. The smallest absolute Gasteiger partial charge is 0.313 e. The van der Waals surface area contributed by atoms with Gasteiger partial charge in [0.25, 0.3) is 5.56 Å². The van der Waals surface area contributed by atoms with Gasteiger partial charge in [0.05, 0.1) is 17.8 Å². The van der Waals surface area contributed by atoms with Gasteiger partial charge in [0.2, 0.25) is 0 Å². The lowest BCUT2D eigenvalue weighted by Crippen LogP contribution is -2.23. The second-order valence-electron chi connectivity index (χ2n) is 6.38. The van der Waals surface area contributed by atoms with Crippen molar-refractivity contribution in [2.24, 2.45) is 0 Å². The van der Waals surface area contributed by atoms with Crippen LogP contribution in [0.1, 0.15) is 35.1 Å². The zero-order valence-corrected chi connectivity index (χ0v) is 14.0. The average Bonchev–Trinajstić information content (AvgIpc) is 3.43. The molecule has 0 amide bonds. The Morgan fingerprint density at radius 1 is 1.15 bits per heavy atom. The number of H-pyrrole nitrogens is 2. The van der Waals surface area contributed by atoms with Crippen LogP contribution in [-0.2, 0) is 0 Å². The number of para-hydroxylation sites is 1.